The van der Waals surface area contributed by atoms with Gasteiger partial charge in [0.15, 0.2) is 6.20 Å². The average Bonchev–Trinajstić information content (AvgIpc) is 2.64. The van der Waals surface area contributed by atoms with E-state index in [0.29, 0.717) is 6.54 Å². The average molecular weight is 353 g/mol. The van der Waals surface area contributed by atoms with Gasteiger partial charge in [0.25, 0.3) is 0 Å². The van der Waals surface area contributed by atoms with E-state index >= 15 is 0 Å². The Bertz CT molecular complexity index is 1270. The molecule has 1 aromatic heterocycles. The normalized spacial score (nSPS) is 12.2. The van der Waals surface area contributed by atoms with Gasteiger partial charge in [-0.05, 0) is 46.8 Å². The Morgan fingerprint density at radius 2 is 1.88 bits per heavy atom. The van der Waals surface area contributed by atoms with Crippen molar-refractivity contribution in [1.82, 2.24) is 0 Å². The summed E-state index contributed by atoms with van der Waals surface area (Å²) in [5.41, 5.74) is 5.05. The minimum atomic E-state index is 0.434. The monoisotopic (exact) mass is 353 g/mol. The van der Waals surface area contributed by atoms with Crippen molar-refractivity contribution in [3.8, 4) is 11.3 Å². The van der Waals surface area contributed by atoms with Gasteiger partial charge in [0.1, 0.15) is 7.05 Å². The Hall–Kier alpha value is -2.83. The van der Waals surface area contributed by atoms with Gasteiger partial charge in [-0.1, -0.05) is 36.0 Å². The molecule has 4 aromatic rings. The van der Waals surface area contributed by atoms with Crippen LogP contribution < -0.4 is 4.57 Å². The van der Waals surface area contributed by atoms with Gasteiger partial charge < -0.3 is 4.85 Å². The van der Waals surface area contributed by atoms with Gasteiger partial charge in [0, 0.05) is 21.4 Å². The van der Waals surface area contributed by atoms with Crippen molar-refractivity contribution in [3.05, 3.63) is 77.3 Å². The van der Waals surface area contributed by atoms with Crippen molar-refractivity contribution in [1.29, 1.82) is 0 Å². The molecule has 0 bridgehead atoms. The van der Waals surface area contributed by atoms with Crippen molar-refractivity contribution in [2.75, 3.05) is 0 Å². The van der Waals surface area contributed by atoms with Crippen LogP contribution in [-0.4, -0.2) is 0 Å². The number of hydrogen-bond acceptors (Lipinski definition) is 1. The summed E-state index contributed by atoms with van der Waals surface area (Å²) in [6.07, 6.45) is 2.14. The van der Waals surface area contributed by atoms with Crippen LogP contribution in [0.1, 0.15) is 11.1 Å². The fourth-order valence-corrected chi connectivity index (χ4v) is 5.38. The van der Waals surface area contributed by atoms with Crippen LogP contribution in [0.15, 0.2) is 64.5 Å². The van der Waals surface area contributed by atoms with Gasteiger partial charge in [-0.2, -0.15) is 0 Å². The molecule has 5 rings (SSSR count). The second kappa shape index (κ2) is 5.59. The minimum absolute atomic E-state index is 0.434. The lowest BCUT2D eigenvalue weighted by Crippen LogP contribution is -2.31. The highest BCUT2D eigenvalue weighted by Gasteiger charge is 2.29. The van der Waals surface area contributed by atoms with Gasteiger partial charge in [0.05, 0.1) is 10.9 Å². The molecule has 0 N–H and O–H groups in total. The number of fused-ring (bicyclic) bond motifs is 3. The van der Waals surface area contributed by atoms with Crippen molar-refractivity contribution in [3.63, 3.8) is 0 Å². The number of rotatable bonds is 1. The first-order chi connectivity index (χ1) is 12.7. The second-order valence-corrected chi connectivity index (χ2v) is 7.93. The van der Waals surface area contributed by atoms with Gasteiger partial charge in [0.2, 0.25) is 12.2 Å². The summed E-state index contributed by atoms with van der Waals surface area (Å²) >= 11 is 1.84. The minimum Gasteiger partial charge on any atom is -0.312 e. The van der Waals surface area contributed by atoms with E-state index in [9.17, 15) is 0 Å². The zero-order chi connectivity index (χ0) is 17.8. The summed E-state index contributed by atoms with van der Waals surface area (Å²) in [5.74, 6) is 0. The van der Waals surface area contributed by atoms with Gasteiger partial charge >= 0.3 is 0 Å². The third kappa shape index (κ3) is 2.09. The third-order valence-electron chi connectivity index (χ3n) is 5.25. The van der Waals surface area contributed by atoms with Crippen molar-refractivity contribution < 1.29 is 4.57 Å². The first kappa shape index (κ1) is 15.4. The van der Waals surface area contributed by atoms with Crippen LogP contribution in [0, 0.1) is 13.5 Å². The highest BCUT2D eigenvalue weighted by molar-refractivity contribution is 7.99. The van der Waals surface area contributed by atoms with Crippen LogP contribution >= 0.6 is 11.8 Å². The molecule has 3 aromatic carbocycles. The van der Waals surface area contributed by atoms with E-state index in [4.69, 9.17) is 6.57 Å². The molecule has 2 nitrogen and oxygen atoms in total. The maximum atomic E-state index is 7.22. The maximum Gasteiger partial charge on any atom is 0.239 e. The highest BCUT2D eigenvalue weighted by atomic mass is 32.2. The quantitative estimate of drug-likeness (QED) is 0.278. The molecular formula is C23H17N2S+. The van der Waals surface area contributed by atoms with E-state index in [0.717, 1.165) is 5.56 Å². The predicted octanol–water partition coefficient (Wildman–Crippen LogP) is 5.68. The number of pyridine rings is 1. The molecule has 26 heavy (non-hydrogen) atoms. The molecule has 0 amide bonds. The third-order valence-corrected chi connectivity index (χ3v) is 6.33. The van der Waals surface area contributed by atoms with E-state index in [1.165, 1.54) is 48.2 Å². The highest BCUT2D eigenvalue weighted by Crippen LogP contribution is 2.49. The topological polar surface area (TPSA) is 8.24 Å². The SMILES string of the molecule is [C-]#[N+]Cc1cc2c3c([n+](C)ccc3c1)-c1c(cc3ccccc3c1C)S2. The summed E-state index contributed by atoms with van der Waals surface area (Å²) in [7, 11) is 2.12. The van der Waals surface area contributed by atoms with Gasteiger partial charge in [-0.25, -0.2) is 11.1 Å². The van der Waals surface area contributed by atoms with Crippen LogP contribution in [-0.2, 0) is 13.6 Å². The van der Waals surface area contributed by atoms with Crippen molar-refractivity contribution >= 4 is 33.3 Å². The molecule has 0 saturated carbocycles. The number of aryl methyl sites for hydroxylation is 2. The Balaban J connectivity index is 1.94. The molecular weight excluding hydrogens is 336 g/mol. The zero-order valence-corrected chi connectivity index (χ0v) is 15.5. The summed E-state index contributed by atoms with van der Waals surface area (Å²) in [6, 6.07) is 17.5. The first-order valence-electron chi connectivity index (χ1n) is 8.66. The molecule has 0 saturated heterocycles. The molecule has 0 aliphatic carbocycles. The molecule has 0 fully saturated rings. The van der Waals surface area contributed by atoms with E-state index < -0.39 is 0 Å². The number of benzene rings is 3. The van der Waals surface area contributed by atoms with Crippen LogP contribution in [0.2, 0.25) is 0 Å². The van der Waals surface area contributed by atoms with Crippen LogP contribution in [0.4, 0.5) is 0 Å². The van der Waals surface area contributed by atoms with Crippen molar-refractivity contribution in [2.24, 2.45) is 7.05 Å². The molecule has 0 spiro atoms. The first-order valence-corrected chi connectivity index (χ1v) is 9.48. The molecule has 1 aliphatic rings. The standard InChI is InChI=1S/C23H17N2S/c1-14-18-7-5-4-6-16(18)12-20-21(14)23-22-17(8-9-25(23)3)10-15(13-24-2)11-19(22)26-20/h4-12H,13H2,1,3H3/q+1. The predicted molar refractivity (Wildman–Crippen MR) is 107 cm³/mol. The van der Waals surface area contributed by atoms with Gasteiger partial charge in [-0.3, -0.25) is 0 Å². The lowest BCUT2D eigenvalue weighted by atomic mass is 9.94. The Morgan fingerprint density at radius 3 is 2.73 bits per heavy atom. The Morgan fingerprint density at radius 1 is 1.04 bits per heavy atom. The van der Waals surface area contributed by atoms with Crippen LogP contribution in [0.25, 0.3) is 37.6 Å². The molecule has 0 atom stereocenters. The van der Waals surface area contributed by atoms with Crippen molar-refractivity contribution in [2.45, 2.75) is 23.3 Å². The smallest absolute Gasteiger partial charge is 0.239 e. The number of aromatic nitrogens is 1. The van der Waals surface area contributed by atoms with E-state index in [-0.39, 0.29) is 0 Å². The lowest BCUT2D eigenvalue weighted by molar-refractivity contribution is -0.659. The molecule has 2 heterocycles. The van der Waals surface area contributed by atoms with Crippen LogP contribution in [0.5, 0.6) is 0 Å². The lowest BCUT2D eigenvalue weighted by Gasteiger charge is -2.21. The molecule has 0 radical (unpaired) electrons. The van der Waals surface area contributed by atoms with E-state index in [1.54, 1.807) is 0 Å². The van der Waals surface area contributed by atoms with E-state index in [2.05, 4.69) is 78.1 Å². The molecule has 3 heteroatoms. The summed E-state index contributed by atoms with van der Waals surface area (Å²) in [6.45, 7) is 9.88. The second-order valence-electron chi connectivity index (χ2n) is 6.85. The maximum absolute atomic E-state index is 7.22. The van der Waals surface area contributed by atoms with Crippen LogP contribution in [0.3, 0.4) is 0 Å². The number of hydrogen-bond donors (Lipinski definition) is 0. The summed E-state index contributed by atoms with van der Waals surface area (Å²) < 4.78 is 2.24. The molecule has 124 valence electrons. The Kier molecular flexibility index (Phi) is 3.32. The molecule has 1 aliphatic heterocycles. The fraction of sp³-hybridized carbons (Fsp3) is 0.130. The largest absolute Gasteiger partial charge is 0.312 e. The van der Waals surface area contributed by atoms with Gasteiger partial charge in [-0.15, -0.1) is 0 Å². The zero-order valence-electron chi connectivity index (χ0n) is 14.7. The fourth-order valence-electron chi connectivity index (χ4n) is 4.08. The number of nitrogens with zero attached hydrogens (tertiary/aromatic N) is 2. The summed E-state index contributed by atoms with van der Waals surface area (Å²) in [5, 5.41) is 5.13. The van der Waals surface area contributed by atoms with E-state index in [1.807, 2.05) is 11.8 Å². The summed E-state index contributed by atoms with van der Waals surface area (Å²) in [4.78, 5) is 6.14. The molecule has 0 unspecified atom stereocenters. The Labute approximate surface area is 156 Å².